The number of carbonyl (C=O) groups is 2. The number of hydrogen-bond donors (Lipinski definition) is 2. The molecule has 2 aromatic carbocycles. The van der Waals surface area contributed by atoms with E-state index in [-0.39, 0.29) is 6.54 Å². The van der Waals surface area contributed by atoms with Gasteiger partial charge in [0.15, 0.2) is 0 Å². The van der Waals surface area contributed by atoms with Crippen LogP contribution in [0.2, 0.25) is 10.0 Å². The Hall–Kier alpha value is -2.57. The zero-order valence-electron chi connectivity index (χ0n) is 13.3. The van der Waals surface area contributed by atoms with Crippen LogP contribution in [-0.2, 0) is 16.1 Å². The van der Waals surface area contributed by atoms with Crippen LogP contribution < -0.4 is 15.5 Å². The Morgan fingerprint density at radius 3 is 2.48 bits per heavy atom. The van der Waals surface area contributed by atoms with Crippen LogP contribution in [0.5, 0.6) is 5.75 Å². The molecule has 2 amide bonds. The van der Waals surface area contributed by atoms with E-state index in [1.54, 1.807) is 49.6 Å². The van der Waals surface area contributed by atoms with Gasteiger partial charge in [0.1, 0.15) is 5.75 Å². The molecule has 25 heavy (non-hydrogen) atoms. The number of benzene rings is 2. The van der Waals surface area contributed by atoms with Crippen LogP contribution in [0.3, 0.4) is 0 Å². The van der Waals surface area contributed by atoms with E-state index in [4.69, 9.17) is 27.9 Å². The molecule has 0 aliphatic heterocycles. The fourth-order valence-corrected chi connectivity index (χ4v) is 2.30. The summed E-state index contributed by atoms with van der Waals surface area (Å²) in [6, 6.07) is 11.9. The van der Waals surface area contributed by atoms with Crippen molar-refractivity contribution in [1.82, 2.24) is 10.7 Å². The third kappa shape index (κ3) is 5.77. The molecule has 0 bridgehead atoms. The molecule has 0 heterocycles. The number of nitrogens with zero attached hydrogens (tertiary/aromatic N) is 1. The van der Waals surface area contributed by atoms with Gasteiger partial charge in [0.25, 0.3) is 0 Å². The first-order valence-corrected chi connectivity index (χ1v) is 7.94. The van der Waals surface area contributed by atoms with Gasteiger partial charge in [0.05, 0.1) is 13.3 Å². The summed E-state index contributed by atoms with van der Waals surface area (Å²) in [7, 11) is 1.57. The number of rotatable bonds is 5. The van der Waals surface area contributed by atoms with Crippen molar-refractivity contribution >= 4 is 41.2 Å². The molecular weight excluding hydrogens is 365 g/mol. The Morgan fingerprint density at radius 2 is 1.84 bits per heavy atom. The predicted octanol–water partition coefficient (Wildman–Crippen LogP) is 2.77. The van der Waals surface area contributed by atoms with Crippen molar-refractivity contribution in [2.75, 3.05) is 7.11 Å². The first-order chi connectivity index (χ1) is 12.0. The van der Waals surface area contributed by atoms with Crippen LogP contribution in [0.25, 0.3) is 0 Å². The summed E-state index contributed by atoms with van der Waals surface area (Å²) in [6.07, 6.45) is 1.42. The van der Waals surface area contributed by atoms with Crippen molar-refractivity contribution in [1.29, 1.82) is 0 Å². The van der Waals surface area contributed by atoms with Crippen molar-refractivity contribution in [3.63, 3.8) is 0 Å². The fraction of sp³-hybridized carbons (Fsp3) is 0.118. The SMILES string of the molecule is COc1ccc(/C=N\NC(=O)C(=O)NCc2ccc(Cl)cc2Cl)cc1. The standard InChI is InChI=1S/C17H15Cl2N3O3/c1-25-14-6-2-11(3-7-14)9-21-22-17(24)16(23)20-10-12-4-5-13(18)8-15(12)19/h2-9H,10H2,1H3,(H,20,23)(H,22,24)/b21-9-. The molecule has 0 spiro atoms. The number of hydrazone groups is 1. The summed E-state index contributed by atoms with van der Waals surface area (Å²) in [6.45, 7) is 0.102. The monoisotopic (exact) mass is 379 g/mol. The second kappa shape index (κ2) is 9.05. The molecule has 0 saturated heterocycles. The molecule has 0 atom stereocenters. The highest BCUT2D eigenvalue weighted by Crippen LogP contribution is 2.20. The minimum atomic E-state index is -0.880. The maximum absolute atomic E-state index is 11.7. The van der Waals surface area contributed by atoms with Gasteiger partial charge in [-0.2, -0.15) is 5.10 Å². The van der Waals surface area contributed by atoms with Gasteiger partial charge in [0.2, 0.25) is 0 Å². The number of ether oxygens (including phenoxy) is 1. The van der Waals surface area contributed by atoms with Crippen molar-refractivity contribution in [2.24, 2.45) is 5.10 Å². The summed E-state index contributed by atoms with van der Waals surface area (Å²) in [5, 5.41) is 7.09. The molecule has 0 unspecified atom stereocenters. The molecule has 6 nitrogen and oxygen atoms in total. The Kier molecular flexibility index (Phi) is 6.80. The van der Waals surface area contributed by atoms with Crippen LogP contribution >= 0.6 is 23.2 Å². The predicted molar refractivity (Wildman–Crippen MR) is 97.0 cm³/mol. The minimum absolute atomic E-state index is 0.102. The summed E-state index contributed by atoms with van der Waals surface area (Å²) in [5.41, 5.74) is 3.54. The third-order valence-corrected chi connectivity index (χ3v) is 3.74. The van der Waals surface area contributed by atoms with E-state index in [2.05, 4.69) is 15.8 Å². The van der Waals surface area contributed by atoms with E-state index in [0.29, 0.717) is 21.4 Å². The largest absolute Gasteiger partial charge is 0.497 e. The van der Waals surface area contributed by atoms with E-state index >= 15 is 0 Å². The number of carbonyl (C=O) groups excluding carboxylic acids is 2. The molecule has 2 rings (SSSR count). The summed E-state index contributed by atoms with van der Waals surface area (Å²) >= 11 is 11.8. The average Bonchev–Trinajstić information content (AvgIpc) is 2.61. The lowest BCUT2D eigenvalue weighted by Gasteiger charge is -2.06. The quantitative estimate of drug-likeness (QED) is 0.476. The van der Waals surface area contributed by atoms with E-state index in [0.717, 1.165) is 5.56 Å². The lowest BCUT2D eigenvalue weighted by molar-refractivity contribution is -0.139. The molecule has 0 saturated carbocycles. The maximum atomic E-state index is 11.7. The Labute approximate surface area is 154 Å². The zero-order chi connectivity index (χ0) is 18.2. The summed E-state index contributed by atoms with van der Waals surface area (Å²) < 4.78 is 5.04. The molecule has 8 heteroatoms. The molecule has 0 aliphatic rings. The van der Waals surface area contributed by atoms with Crippen molar-refractivity contribution in [2.45, 2.75) is 6.54 Å². The van der Waals surface area contributed by atoms with Gasteiger partial charge in [-0.25, -0.2) is 5.43 Å². The first-order valence-electron chi connectivity index (χ1n) is 7.19. The van der Waals surface area contributed by atoms with Gasteiger partial charge in [-0.3, -0.25) is 9.59 Å². The van der Waals surface area contributed by atoms with Crippen LogP contribution in [-0.4, -0.2) is 25.1 Å². The van der Waals surface area contributed by atoms with Crippen LogP contribution in [0.1, 0.15) is 11.1 Å². The molecule has 0 aromatic heterocycles. The molecule has 0 aliphatic carbocycles. The van der Waals surface area contributed by atoms with Crippen molar-refractivity contribution in [3.8, 4) is 5.75 Å². The number of halogens is 2. The van der Waals surface area contributed by atoms with Crippen molar-refractivity contribution in [3.05, 3.63) is 63.6 Å². The van der Waals surface area contributed by atoms with Crippen LogP contribution in [0.15, 0.2) is 47.6 Å². The van der Waals surface area contributed by atoms with Gasteiger partial charge in [-0.1, -0.05) is 29.3 Å². The first kappa shape index (κ1) is 18.8. The zero-order valence-corrected chi connectivity index (χ0v) is 14.8. The lowest BCUT2D eigenvalue weighted by Crippen LogP contribution is -2.37. The molecule has 0 fully saturated rings. The Morgan fingerprint density at radius 1 is 1.12 bits per heavy atom. The normalized spacial score (nSPS) is 10.5. The molecule has 2 aromatic rings. The topological polar surface area (TPSA) is 79.8 Å². The van der Waals surface area contributed by atoms with Crippen LogP contribution in [0, 0.1) is 0 Å². The number of nitrogens with one attached hydrogen (secondary N) is 2. The van der Waals surface area contributed by atoms with E-state index in [1.807, 2.05) is 0 Å². The fourth-order valence-electron chi connectivity index (χ4n) is 1.83. The minimum Gasteiger partial charge on any atom is -0.497 e. The average molecular weight is 380 g/mol. The number of methoxy groups -OCH3 is 1. The maximum Gasteiger partial charge on any atom is 0.329 e. The van der Waals surface area contributed by atoms with Crippen molar-refractivity contribution < 1.29 is 14.3 Å². The highest BCUT2D eigenvalue weighted by molar-refractivity contribution is 6.36. The Bertz CT molecular complexity index is 792. The smallest absolute Gasteiger partial charge is 0.329 e. The van der Waals surface area contributed by atoms with E-state index < -0.39 is 11.8 Å². The second-order valence-electron chi connectivity index (χ2n) is 4.89. The summed E-state index contributed by atoms with van der Waals surface area (Å²) in [5.74, 6) is -0.992. The highest BCUT2D eigenvalue weighted by Gasteiger charge is 2.12. The molecule has 2 N–H and O–H groups in total. The molecule has 0 radical (unpaired) electrons. The second-order valence-corrected chi connectivity index (χ2v) is 5.73. The highest BCUT2D eigenvalue weighted by atomic mass is 35.5. The number of amides is 2. The van der Waals surface area contributed by atoms with Crippen LogP contribution in [0.4, 0.5) is 0 Å². The van der Waals surface area contributed by atoms with E-state index in [1.165, 1.54) is 6.21 Å². The summed E-state index contributed by atoms with van der Waals surface area (Å²) in [4.78, 5) is 23.4. The van der Waals surface area contributed by atoms with Gasteiger partial charge >= 0.3 is 11.8 Å². The van der Waals surface area contributed by atoms with E-state index in [9.17, 15) is 9.59 Å². The molecular formula is C17H15Cl2N3O3. The van der Waals surface area contributed by atoms with Gasteiger partial charge in [-0.15, -0.1) is 0 Å². The Balaban J connectivity index is 1.83. The number of hydrogen-bond acceptors (Lipinski definition) is 4. The molecule has 130 valence electrons. The van der Waals surface area contributed by atoms with Gasteiger partial charge < -0.3 is 10.1 Å². The van der Waals surface area contributed by atoms with Gasteiger partial charge in [0, 0.05) is 16.6 Å². The van der Waals surface area contributed by atoms with Gasteiger partial charge in [-0.05, 0) is 47.5 Å². The lowest BCUT2D eigenvalue weighted by atomic mass is 10.2. The third-order valence-electron chi connectivity index (χ3n) is 3.16.